The van der Waals surface area contributed by atoms with E-state index in [1.807, 2.05) is 18.2 Å². The molecule has 2 aromatic rings. The predicted molar refractivity (Wildman–Crippen MR) is 85.5 cm³/mol. The van der Waals surface area contributed by atoms with E-state index in [-0.39, 0.29) is 0 Å². The zero-order chi connectivity index (χ0) is 15.2. The van der Waals surface area contributed by atoms with E-state index in [1.54, 1.807) is 6.26 Å². The molecule has 2 rings (SSSR count). The van der Waals surface area contributed by atoms with Gasteiger partial charge in [0, 0.05) is 11.6 Å². The summed E-state index contributed by atoms with van der Waals surface area (Å²) in [4.78, 5) is 0. The van der Waals surface area contributed by atoms with Crippen molar-refractivity contribution in [1.82, 2.24) is 5.32 Å². The molecule has 0 bridgehead atoms. The van der Waals surface area contributed by atoms with Crippen LogP contribution < -0.4 is 10.1 Å². The van der Waals surface area contributed by atoms with Crippen LogP contribution in [0.25, 0.3) is 0 Å². The molecule has 3 heteroatoms. The van der Waals surface area contributed by atoms with Crippen molar-refractivity contribution in [3.05, 3.63) is 53.5 Å². The van der Waals surface area contributed by atoms with Gasteiger partial charge in [-0.15, -0.1) is 0 Å². The van der Waals surface area contributed by atoms with Crippen molar-refractivity contribution in [1.29, 1.82) is 0 Å². The average molecular weight is 287 g/mol. The van der Waals surface area contributed by atoms with Gasteiger partial charge in [-0.1, -0.05) is 39.8 Å². The van der Waals surface area contributed by atoms with Crippen LogP contribution >= 0.6 is 0 Å². The summed E-state index contributed by atoms with van der Waals surface area (Å²) >= 11 is 0. The Kier molecular flexibility index (Phi) is 5.45. The maximum Gasteiger partial charge on any atom is 0.124 e. The summed E-state index contributed by atoms with van der Waals surface area (Å²) in [5.74, 6) is 2.38. The zero-order valence-corrected chi connectivity index (χ0v) is 13.3. The highest BCUT2D eigenvalue weighted by Gasteiger charge is 2.08. The van der Waals surface area contributed by atoms with E-state index in [4.69, 9.17) is 9.15 Å². The molecule has 0 aliphatic carbocycles. The summed E-state index contributed by atoms with van der Waals surface area (Å²) in [6.45, 7) is 9.89. The Morgan fingerprint density at radius 1 is 1.05 bits per heavy atom. The molecule has 0 saturated heterocycles. The summed E-state index contributed by atoms with van der Waals surface area (Å²) < 4.78 is 11.4. The fraction of sp³-hybridized carbons (Fsp3) is 0.444. The number of rotatable bonds is 7. The van der Waals surface area contributed by atoms with Gasteiger partial charge in [0.15, 0.2) is 0 Å². The zero-order valence-electron chi connectivity index (χ0n) is 13.3. The molecule has 1 heterocycles. The topological polar surface area (TPSA) is 34.4 Å². The first-order valence-electron chi connectivity index (χ1n) is 7.57. The van der Waals surface area contributed by atoms with E-state index < -0.39 is 0 Å². The fourth-order valence-electron chi connectivity index (χ4n) is 2.06. The van der Waals surface area contributed by atoms with Gasteiger partial charge in [0.05, 0.1) is 12.8 Å². The molecule has 3 nitrogen and oxygen atoms in total. The minimum atomic E-state index is 0.437. The molecule has 1 N–H and O–H groups in total. The van der Waals surface area contributed by atoms with E-state index in [0.29, 0.717) is 18.6 Å². The maximum absolute atomic E-state index is 5.84. The lowest BCUT2D eigenvalue weighted by Gasteiger charge is -2.10. The quantitative estimate of drug-likeness (QED) is 0.815. The number of furan rings is 1. The summed E-state index contributed by atoms with van der Waals surface area (Å²) in [6.07, 6.45) is 1.72. The highest BCUT2D eigenvalue weighted by Crippen LogP contribution is 2.20. The third-order valence-corrected chi connectivity index (χ3v) is 3.45. The first-order chi connectivity index (χ1) is 10.1. The minimum absolute atomic E-state index is 0.437. The molecule has 21 heavy (non-hydrogen) atoms. The Bertz CT molecular complexity index is 541. The van der Waals surface area contributed by atoms with Gasteiger partial charge in [0.25, 0.3) is 0 Å². The number of hydrogen-bond donors (Lipinski definition) is 1. The molecule has 0 atom stereocenters. The third kappa shape index (κ3) is 4.64. The number of benzene rings is 1. The molecule has 0 aliphatic rings. The Labute approximate surface area is 127 Å². The molecule has 0 aliphatic heterocycles. The maximum atomic E-state index is 5.84. The van der Waals surface area contributed by atoms with Gasteiger partial charge in [-0.05, 0) is 29.7 Å². The SMILES string of the molecule is CC(C)NCc1occc1COc1ccc(C(C)C)cc1. The highest BCUT2D eigenvalue weighted by molar-refractivity contribution is 5.29. The van der Waals surface area contributed by atoms with Crippen LogP contribution in [0.4, 0.5) is 0 Å². The molecule has 0 fully saturated rings. The van der Waals surface area contributed by atoms with Crippen molar-refractivity contribution in [2.45, 2.75) is 52.8 Å². The van der Waals surface area contributed by atoms with Crippen LogP contribution in [0.1, 0.15) is 50.5 Å². The molecular weight excluding hydrogens is 262 g/mol. The molecule has 0 radical (unpaired) electrons. The van der Waals surface area contributed by atoms with E-state index in [2.05, 4.69) is 45.1 Å². The second-order valence-electron chi connectivity index (χ2n) is 5.92. The van der Waals surface area contributed by atoms with Crippen molar-refractivity contribution in [3.8, 4) is 5.75 Å². The number of hydrogen-bond acceptors (Lipinski definition) is 3. The Balaban J connectivity index is 1.92. The van der Waals surface area contributed by atoms with Crippen LogP contribution in [0.5, 0.6) is 5.75 Å². The standard InChI is InChI=1S/C18H25NO2/c1-13(2)15-5-7-17(8-6-15)21-12-16-9-10-20-18(16)11-19-14(3)4/h5-10,13-14,19H,11-12H2,1-4H3. The van der Waals surface area contributed by atoms with Gasteiger partial charge in [0.2, 0.25) is 0 Å². The second kappa shape index (κ2) is 7.32. The summed E-state index contributed by atoms with van der Waals surface area (Å²) in [5.41, 5.74) is 2.42. The Morgan fingerprint density at radius 2 is 1.76 bits per heavy atom. The van der Waals surface area contributed by atoms with Crippen LogP contribution in [0.15, 0.2) is 41.0 Å². The van der Waals surface area contributed by atoms with Crippen LogP contribution in [0, 0.1) is 0 Å². The molecule has 0 saturated carbocycles. The van der Waals surface area contributed by atoms with Gasteiger partial charge in [-0.3, -0.25) is 0 Å². The molecule has 0 unspecified atom stereocenters. The molecule has 0 spiro atoms. The molecular formula is C18H25NO2. The Morgan fingerprint density at radius 3 is 2.38 bits per heavy atom. The average Bonchev–Trinajstić information content (AvgIpc) is 2.90. The first kappa shape index (κ1) is 15.6. The predicted octanol–water partition coefficient (Wildman–Crippen LogP) is 4.48. The van der Waals surface area contributed by atoms with Gasteiger partial charge in [-0.25, -0.2) is 0 Å². The van der Waals surface area contributed by atoms with E-state index in [1.165, 1.54) is 5.56 Å². The van der Waals surface area contributed by atoms with Gasteiger partial charge < -0.3 is 14.5 Å². The van der Waals surface area contributed by atoms with Crippen molar-refractivity contribution >= 4 is 0 Å². The van der Waals surface area contributed by atoms with Gasteiger partial charge in [-0.2, -0.15) is 0 Å². The lowest BCUT2D eigenvalue weighted by Crippen LogP contribution is -2.22. The van der Waals surface area contributed by atoms with Gasteiger partial charge in [0.1, 0.15) is 18.1 Å². The molecule has 1 aromatic heterocycles. The summed E-state index contributed by atoms with van der Waals surface area (Å²) in [5, 5.41) is 3.36. The van der Waals surface area contributed by atoms with Gasteiger partial charge >= 0.3 is 0 Å². The van der Waals surface area contributed by atoms with E-state index in [9.17, 15) is 0 Å². The minimum Gasteiger partial charge on any atom is -0.489 e. The number of nitrogens with one attached hydrogen (secondary N) is 1. The smallest absolute Gasteiger partial charge is 0.124 e. The monoisotopic (exact) mass is 287 g/mol. The summed E-state index contributed by atoms with van der Waals surface area (Å²) in [6, 6.07) is 10.7. The van der Waals surface area contributed by atoms with Crippen LogP contribution in [0.3, 0.4) is 0 Å². The Hall–Kier alpha value is -1.74. The normalized spacial score (nSPS) is 11.3. The highest BCUT2D eigenvalue weighted by atomic mass is 16.5. The lowest BCUT2D eigenvalue weighted by atomic mass is 10.0. The van der Waals surface area contributed by atoms with E-state index in [0.717, 1.165) is 23.6 Å². The molecule has 0 amide bonds. The fourth-order valence-corrected chi connectivity index (χ4v) is 2.06. The number of ether oxygens (including phenoxy) is 1. The molecule has 114 valence electrons. The summed E-state index contributed by atoms with van der Waals surface area (Å²) in [7, 11) is 0. The second-order valence-corrected chi connectivity index (χ2v) is 5.92. The van der Waals surface area contributed by atoms with E-state index >= 15 is 0 Å². The largest absolute Gasteiger partial charge is 0.489 e. The van der Waals surface area contributed by atoms with Crippen LogP contribution in [0.2, 0.25) is 0 Å². The van der Waals surface area contributed by atoms with Crippen molar-refractivity contribution in [2.75, 3.05) is 0 Å². The first-order valence-corrected chi connectivity index (χ1v) is 7.57. The van der Waals surface area contributed by atoms with Crippen LogP contribution in [-0.4, -0.2) is 6.04 Å². The van der Waals surface area contributed by atoms with Crippen molar-refractivity contribution in [3.63, 3.8) is 0 Å². The third-order valence-electron chi connectivity index (χ3n) is 3.45. The molecule has 1 aromatic carbocycles. The lowest BCUT2D eigenvalue weighted by molar-refractivity contribution is 0.301. The van der Waals surface area contributed by atoms with Crippen molar-refractivity contribution < 1.29 is 9.15 Å². The van der Waals surface area contributed by atoms with Crippen LogP contribution in [-0.2, 0) is 13.2 Å². The van der Waals surface area contributed by atoms with Crippen molar-refractivity contribution in [2.24, 2.45) is 0 Å².